The third-order valence-corrected chi connectivity index (χ3v) is 3.77. The van der Waals surface area contributed by atoms with Crippen LogP contribution < -0.4 is 5.73 Å². The van der Waals surface area contributed by atoms with Gasteiger partial charge in [-0.25, -0.2) is 9.97 Å². The number of fused-ring (bicyclic) bond motifs is 3. The molecule has 1 aliphatic rings. The highest BCUT2D eigenvalue weighted by Crippen LogP contribution is 2.26. The Morgan fingerprint density at radius 1 is 1.15 bits per heavy atom. The van der Waals surface area contributed by atoms with Gasteiger partial charge in [0, 0.05) is 5.56 Å². The zero-order chi connectivity index (χ0) is 13.5. The molecule has 3 heterocycles. The van der Waals surface area contributed by atoms with Crippen LogP contribution in [0.25, 0.3) is 17.2 Å². The predicted molar refractivity (Wildman–Crippen MR) is 74.2 cm³/mol. The molecule has 0 aliphatic heterocycles. The summed E-state index contributed by atoms with van der Waals surface area (Å²) < 4.78 is 6.99. The van der Waals surface area contributed by atoms with Crippen LogP contribution in [0.4, 0.5) is 5.95 Å². The van der Waals surface area contributed by atoms with Gasteiger partial charge in [-0.3, -0.25) is 0 Å². The second-order valence-corrected chi connectivity index (χ2v) is 5.10. The van der Waals surface area contributed by atoms with Crippen molar-refractivity contribution in [3.8, 4) is 11.6 Å². The first kappa shape index (κ1) is 11.5. The molecule has 4 rings (SSSR count). The Morgan fingerprint density at radius 3 is 2.90 bits per heavy atom. The molecule has 20 heavy (non-hydrogen) atoms. The lowest BCUT2D eigenvalue weighted by Gasteiger charge is -2.07. The van der Waals surface area contributed by atoms with E-state index < -0.39 is 0 Å². The first-order valence-electron chi connectivity index (χ1n) is 6.91. The number of anilines is 1. The maximum atomic E-state index is 6.02. The van der Waals surface area contributed by atoms with E-state index in [0.29, 0.717) is 17.5 Å². The van der Waals surface area contributed by atoms with Gasteiger partial charge < -0.3 is 10.2 Å². The van der Waals surface area contributed by atoms with Crippen molar-refractivity contribution in [1.82, 2.24) is 19.6 Å². The molecule has 0 bridgehead atoms. The van der Waals surface area contributed by atoms with E-state index in [1.165, 1.54) is 12.0 Å². The molecule has 0 spiro atoms. The Bertz CT molecular complexity index is 760. The van der Waals surface area contributed by atoms with Crippen LogP contribution in [-0.4, -0.2) is 19.6 Å². The number of hydrogen-bond donors (Lipinski definition) is 1. The van der Waals surface area contributed by atoms with Crippen LogP contribution in [0.3, 0.4) is 0 Å². The largest absolute Gasteiger partial charge is 0.461 e. The fourth-order valence-electron chi connectivity index (χ4n) is 2.79. The minimum atomic E-state index is 0.394. The standard InChI is InChI=1S/C14H15N5O/c15-14-16-10-6-3-1-2-5-9(10)13-17-12(18-19(13)14)11-7-4-8-20-11/h4,7-8H,1-3,5-6H2,(H2,15,16). The lowest BCUT2D eigenvalue weighted by molar-refractivity contribution is 0.577. The maximum absolute atomic E-state index is 6.02. The van der Waals surface area contributed by atoms with Crippen molar-refractivity contribution in [2.45, 2.75) is 32.1 Å². The average molecular weight is 269 g/mol. The Labute approximate surface area is 115 Å². The SMILES string of the molecule is Nc1nc2c(c3nc(-c4ccco4)nn13)CCCCC2. The second kappa shape index (κ2) is 4.33. The summed E-state index contributed by atoms with van der Waals surface area (Å²) in [5.74, 6) is 1.60. The highest BCUT2D eigenvalue weighted by Gasteiger charge is 2.19. The van der Waals surface area contributed by atoms with Crippen LogP contribution in [0.5, 0.6) is 0 Å². The number of nitrogen functional groups attached to an aromatic ring is 1. The van der Waals surface area contributed by atoms with Crippen molar-refractivity contribution in [3.05, 3.63) is 29.7 Å². The van der Waals surface area contributed by atoms with Gasteiger partial charge in [0.15, 0.2) is 11.4 Å². The summed E-state index contributed by atoms with van der Waals surface area (Å²) >= 11 is 0. The molecule has 0 unspecified atom stereocenters. The highest BCUT2D eigenvalue weighted by atomic mass is 16.3. The number of rotatable bonds is 1. The zero-order valence-electron chi connectivity index (χ0n) is 11.0. The van der Waals surface area contributed by atoms with E-state index in [-0.39, 0.29) is 0 Å². The van der Waals surface area contributed by atoms with Gasteiger partial charge in [0.1, 0.15) is 0 Å². The van der Waals surface area contributed by atoms with E-state index in [4.69, 9.17) is 10.2 Å². The van der Waals surface area contributed by atoms with E-state index in [1.807, 2.05) is 12.1 Å². The molecular formula is C14H15N5O. The molecule has 6 nitrogen and oxygen atoms in total. The van der Waals surface area contributed by atoms with Crippen molar-refractivity contribution < 1.29 is 4.42 Å². The highest BCUT2D eigenvalue weighted by molar-refractivity contribution is 5.59. The van der Waals surface area contributed by atoms with E-state index in [9.17, 15) is 0 Å². The quantitative estimate of drug-likeness (QED) is 0.685. The monoisotopic (exact) mass is 269 g/mol. The summed E-state index contributed by atoms with van der Waals surface area (Å²) in [6, 6.07) is 3.67. The average Bonchev–Trinajstić information content (AvgIpc) is 3.05. The van der Waals surface area contributed by atoms with Crippen molar-refractivity contribution in [3.63, 3.8) is 0 Å². The molecule has 6 heteroatoms. The number of hydrogen-bond acceptors (Lipinski definition) is 5. The lowest BCUT2D eigenvalue weighted by Crippen LogP contribution is -2.08. The molecule has 0 saturated carbocycles. The lowest BCUT2D eigenvalue weighted by atomic mass is 10.1. The number of nitrogens with two attached hydrogens (primary N) is 1. The molecule has 0 aromatic carbocycles. The molecule has 0 atom stereocenters. The Kier molecular flexibility index (Phi) is 2.48. The summed E-state index contributed by atoms with van der Waals surface area (Å²) in [6.45, 7) is 0. The van der Waals surface area contributed by atoms with Gasteiger partial charge >= 0.3 is 0 Å². The van der Waals surface area contributed by atoms with Gasteiger partial charge in [-0.1, -0.05) is 6.42 Å². The van der Waals surface area contributed by atoms with E-state index in [1.54, 1.807) is 10.8 Å². The summed E-state index contributed by atoms with van der Waals surface area (Å²) in [7, 11) is 0. The minimum absolute atomic E-state index is 0.394. The van der Waals surface area contributed by atoms with Crippen LogP contribution in [0, 0.1) is 0 Å². The molecule has 1 aliphatic carbocycles. The van der Waals surface area contributed by atoms with Gasteiger partial charge in [-0.15, -0.1) is 5.10 Å². The number of aryl methyl sites for hydroxylation is 2. The maximum Gasteiger partial charge on any atom is 0.223 e. The van der Waals surface area contributed by atoms with Crippen molar-refractivity contribution in [1.29, 1.82) is 0 Å². The summed E-state index contributed by atoms with van der Waals surface area (Å²) in [4.78, 5) is 9.11. The summed E-state index contributed by atoms with van der Waals surface area (Å²) in [5.41, 5.74) is 9.09. The molecule has 0 amide bonds. The molecule has 0 fully saturated rings. The van der Waals surface area contributed by atoms with Crippen molar-refractivity contribution >= 4 is 11.6 Å². The Hall–Kier alpha value is -2.37. The molecule has 2 N–H and O–H groups in total. The smallest absolute Gasteiger partial charge is 0.223 e. The molecule has 0 saturated heterocycles. The van der Waals surface area contributed by atoms with Gasteiger partial charge in [0.2, 0.25) is 11.8 Å². The van der Waals surface area contributed by atoms with Crippen LogP contribution >= 0.6 is 0 Å². The van der Waals surface area contributed by atoms with Crippen LogP contribution in [0.1, 0.15) is 30.5 Å². The van der Waals surface area contributed by atoms with Crippen molar-refractivity contribution in [2.24, 2.45) is 0 Å². The molecular weight excluding hydrogens is 254 g/mol. The number of furan rings is 1. The molecule has 0 radical (unpaired) electrons. The van der Waals surface area contributed by atoms with E-state index in [2.05, 4.69) is 15.1 Å². The van der Waals surface area contributed by atoms with Gasteiger partial charge in [0.25, 0.3) is 0 Å². The Morgan fingerprint density at radius 2 is 2.05 bits per heavy atom. The number of aromatic nitrogens is 4. The Balaban J connectivity index is 1.97. The van der Waals surface area contributed by atoms with E-state index >= 15 is 0 Å². The van der Waals surface area contributed by atoms with Gasteiger partial charge in [0.05, 0.1) is 12.0 Å². The summed E-state index contributed by atoms with van der Waals surface area (Å²) in [6.07, 6.45) is 7.12. The second-order valence-electron chi connectivity index (χ2n) is 5.10. The number of nitrogens with zero attached hydrogens (tertiary/aromatic N) is 4. The summed E-state index contributed by atoms with van der Waals surface area (Å²) in [5, 5.41) is 4.42. The molecule has 3 aromatic heterocycles. The molecule has 102 valence electrons. The molecule has 3 aromatic rings. The predicted octanol–water partition coefficient (Wildman–Crippen LogP) is 2.24. The third kappa shape index (κ3) is 1.68. The third-order valence-electron chi connectivity index (χ3n) is 3.77. The first-order valence-corrected chi connectivity index (χ1v) is 6.91. The van der Waals surface area contributed by atoms with Crippen LogP contribution in [0.15, 0.2) is 22.8 Å². The van der Waals surface area contributed by atoms with Crippen LogP contribution in [-0.2, 0) is 12.8 Å². The zero-order valence-corrected chi connectivity index (χ0v) is 11.0. The topological polar surface area (TPSA) is 82.2 Å². The van der Waals surface area contributed by atoms with Crippen molar-refractivity contribution in [2.75, 3.05) is 5.73 Å². The van der Waals surface area contributed by atoms with E-state index in [0.717, 1.165) is 37.0 Å². The fourth-order valence-corrected chi connectivity index (χ4v) is 2.79. The van der Waals surface area contributed by atoms with Crippen LogP contribution in [0.2, 0.25) is 0 Å². The van der Waals surface area contributed by atoms with Gasteiger partial charge in [-0.2, -0.15) is 4.52 Å². The van der Waals surface area contributed by atoms with Gasteiger partial charge in [-0.05, 0) is 37.8 Å². The first-order chi connectivity index (χ1) is 9.83. The minimum Gasteiger partial charge on any atom is -0.461 e. The normalized spacial score (nSPS) is 15.2. The fraction of sp³-hybridized carbons (Fsp3) is 0.357.